The minimum atomic E-state index is -0.191. The molecule has 2 aliphatic rings. The zero-order valence-electron chi connectivity index (χ0n) is 13.2. The minimum Gasteiger partial charge on any atom is -0.379 e. The lowest BCUT2D eigenvalue weighted by Crippen LogP contribution is -2.45. The summed E-state index contributed by atoms with van der Waals surface area (Å²) in [5.74, 6) is 0.316. The number of aliphatic imine (C=N–C) groups is 1. The summed E-state index contributed by atoms with van der Waals surface area (Å²) in [7, 11) is 0. The topological polar surface area (TPSA) is 75.6 Å². The molecule has 1 atom stereocenters. The van der Waals surface area contributed by atoms with Crippen LogP contribution in [0.3, 0.4) is 0 Å². The lowest BCUT2D eigenvalue weighted by Gasteiger charge is -2.23. The van der Waals surface area contributed by atoms with Crippen LogP contribution in [0.5, 0.6) is 0 Å². The monoisotopic (exact) mass is 322 g/mol. The van der Waals surface area contributed by atoms with Gasteiger partial charge in [-0.1, -0.05) is 12.1 Å². The molecule has 122 valence electrons. The Bertz CT molecular complexity index is 838. The Hall–Kier alpha value is -2.73. The van der Waals surface area contributed by atoms with Crippen molar-refractivity contribution in [2.75, 3.05) is 13.2 Å². The lowest BCUT2D eigenvalue weighted by molar-refractivity contribution is -0.115. The molecule has 2 aliphatic heterocycles. The van der Waals surface area contributed by atoms with E-state index in [2.05, 4.69) is 20.6 Å². The molecule has 2 aromatic rings. The van der Waals surface area contributed by atoms with E-state index in [-0.39, 0.29) is 11.9 Å². The molecule has 6 heteroatoms. The fourth-order valence-electron chi connectivity index (χ4n) is 2.93. The third-order valence-electron chi connectivity index (χ3n) is 4.17. The fourth-order valence-corrected chi connectivity index (χ4v) is 2.93. The second-order valence-electron chi connectivity index (χ2n) is 5.98. The number of carbonyl (C=O) groups is 1. The first kappa shape index (κ1) is 14.8. The van der Waals surface area contributed by atoms with Crippen LogP contribution in [0.2, 0.25) is 0 Å². The molecule has 6 nitrogen and oxygen atoms in total. The predicted octanol–water partition coefficient (Wildman–Crippen LogP) is 1.83. The molecule has 1 saturated heterocycles. The molecule has 0 aliphatic carbocycles. The van der Waals surface area contributed by atoms with Gasteiger partial charge in [-0.3, -0.25) is 15.1 Å². The van der Waals surface area contributed by atoms with Crippen molar-refractivity contribution >= 4 is 28.7 Å². The van der Waals surface area contributed by atoms with Gasteiger partial charge in [0.1, 0.15) is 5.70 Å². The first-order valence-electron chi connectivity index (χ1n) is 8.08. The van der Waals surface area contributed by atoms with Crippen molar-refractivity contribution < 1.29 is 9.53 Å². The number of amides is 1. The van der Waals surface area contributed by atoms with Gasteiger partial charge in [0.25, 0.3) is 5.91 Å². The van der Waals surface area contributed by atoms with E-state index in [1.807, 2.05) is 30.5 Å². The zero-order chi connectivity index (χ0) is 16.4. The number of nitrogens with one attached hydrogen (secondary N) is 2. The summed E-state index contributed by atoms with van der Waals surface area (Å²) < 4.78 is 5.43. The van der Waals surface area contributed by atoms with E-state index in [0.717, 1.165) is 35.8 Å². The largest absolute Gasteiger partial charge is 0.379 e. The van der Waals surface area contributed by atoms with E-state index < -0.39 is 0 Å². The van der Waals surface area contributed by atoms with Gasteiger partial charge < -0.3 is 10.1 Å². The number of nitrogens with zero attached hydrogens (tertiary/aromatic N) is 2. The number of pyridine rings is 1. The van der Waals surface area contributed by atoms with Crippen molar-refractivity contribution in [1.82, 2.24) is 15.6 Å². The van der Waals surface area contributed by atoms with Crippen molar-refractivity contribution in [3.05, 3.63) is 47.9 Å². The number of ether oxygens (including phenoxy) is 1. The van der Waals surface area contributed by atoms with Gasteiger partial charge in [0.05, 0.1) is 12.6 Å². The minimum absolute atomic E-state index is 0.191. The summed E-state index contributed by atoms with van der Waals surface area (Å²) in [4.78, 5) is 20.6. The van der Waals surface area contributed by atoms with Crippen LogP contribution in [0.1, 0.15) is 18.4 Å². The van der Waals surface area contributed by atoms with Crippen molar-refractivity contribution in [1.29, 1.82) is 0 Å². The van der Waals surface area contributed by atoms with E-state index in [1.54, 1.807) is 12.3 Å². The van der Waals surface area contributed by atoms with Gasteiger partial charge >= 0.3 is 0 Å². The molecular formula is C18H18N4O2. The number of fused-ring (bicyclic) bond motifs is 1. The zero-order valence-corrected chi connectivity index (χ0v) is 13.2. The number of benzene rings is 1. The fraction of sp³-hybridized carbons (Fsp3) is 0.278. The van der Waals surface area contributed by atoms with Gasteiger partial charge in [-0.15, -0.1) is 0 Å². The number of aromatic nitrogens is 1. The Morgan fingerprint density at radius 3 is 3.12 bits per heavy atom. The lowest BCUT2D eigenvalue weighted by atomic mass is 10.1. The molecule has 24 heavy (non-hydrogen) atoms. The smallest absolute Gasteiger partial charge is 0.276 e. The summed E-state index contributed by atoms with van der Waals surface area (Å²) in [5.41, 5.74) is 1.34. The van der Waals surface area contributed by atoms with Crippen LogP contribution in [0.4, 0.5) is 0 Å². The molecular weight excluding hydrogens is 304 g/mol. The van der Waals surface area contributed by atoms with Crippen molar-refractivity contribution in [2.45, 2.75) is 18.9 Å². The second-order valence-corrected chi connectivity index (χ2v) is 5.98. The van der Waals surface area contributed by atoms with Crippen LogP contribution in [0.25, 0.3) is 16.8 Å². The predicted molar refractivity (Wildman–Crippen MR) is 92.3 cm³/mol. The summed E-state index contributed by atoms with van der Waals surface area (Å²) in [5, 5.41) is 8.16. The molecule has 0 radical (unpaired) electrons. The Labute approximate surface area is 139 Å². The maximum atomic E-state index is 12.1. The molecule has 0 bridgehead atoms. The van der Waals surface area contributed by atoms with Gasteiger partial charge in [0.2, 0.25) is 5.96 Å². The van der Waals surface area contributed by atoms with Crippen LogP contribution in [-0.4, -0.2) is 36.1 Å². The second kappa shape index (κ2) is 6.41. The highest BCUT2D eigenvalue weighted by atomic mass is 16.5. The van der Waals surface area contributed by atoms with Gasteiger partial charge in [-0.05, 0) is 42.0 Å². The first-order chi connectivity index (χ1) is 11.8. The van der Waals surface area contributed by atoms with Crippen LogP contribution >= 0.6 is 0 Å². The molecule has 4 rings (SSSR count). The molecule has 3 heterocycles. The molecule has 1 aromatic heterocycles. The SMILES string of the molecule is O=C1NC(N[C@@H]2CCCOC2)=N/C1=C\c1ccc2cnccc2c1. The molecule has 1 aromatic carbocycles. The van der Waals surface area contributed by atoms with Crippen LogP contribution in [0.15, 0.2) is 47.3 Å². The van der Waals surface area contributed by atoms with E-state index in [4.69, 9.17) is 4.74 Å². The molecule has 2 N–H and O–H groups in total. The maximum absolute atomic E-state index is 12.1. The number of guanidine groups is 1. The highest BCUT2D eigenvalue weighted by molar-refractivity contribution is 6.13. The molecule has 0 spiro atoms. The quantitative estimate of drug-likeness (QED) is 0.827. The third-order valence-corrected chi connectivity index (χ3v) is 4.17. The Kier molecular flexibility index (Phi) is 3.96. The first-order valence-corrected chi connectivity index (χ1v) is 8.08. The number of hydrogen-bond acceptors (Lipinski definition) is 5. The van der Waals surface area contributed by atoms with Gasteiger partial charge in [-0.25, -0.2) is 4.99 Å². The van der Waals surface area contributed by atoms with Crippen LogP contribution in [0, 0.1) is 0 Å². The van der Waals surface area contributed by atoms with E-state index in [0.29, 0.717) is 18.3 Å². The summed E-state index contributed by atoms with van der Waals surface area (Å²) in [6.07, 6.45) is 7.41. The number of hydrogen-bond donors (Lipinski definition) is 2. The highest BCUT2D eigenvalue weighted by Crippen LogP contribution is 2.18. The molecule has 1 fully saturated rings. The highest BCUT2D eigenvalue weighted by Gasteiger charge is 2.23. The normalized spacial score (nSPS) is 22.5. The van der Waals surface area contributed by atoms with E-state index in [1.165, 1.54) is 0 Å². The van der Waals surface area contributed by atoms with Gasteiger partial charge in [0, 0.05) is 24.4 Å². The van der Waals surface area contributed by atoms with Crippen LogP contribution < -0.4 is 10.6 Å². The standard InChI is InChI=1S/C18H18N4O2/c23-17-16(21-18(22-17)20-15-2-1-7-24-11-15)9-12-3-4-14-10-19-6-5-13(14)8-12/h3-6,8-10,15H,1-2,7,11H2,(H2,20,21,22,23)/b16-9-/t15-/m1/s1. The Morgan fingerprint density at radius 2 is 2.25 bits per heavy atom. The maximum Gasteiger partial charge on any atom is 0.276 e. The van der Waals surface area contributed by atoms with E-state index in [9.17, 15) is 4.79 Å². The summed E-state index contributed by atoms with van der Waals surface area (Å²) >= 11 is 0. The number of carbonyl (C=O) groups excluding carboxylic acids is 1. The van der Waals surface area contributed by atoms with Crippen LogP contribution in [-0.2, 0) is 9.53 Å². The average Bonchev–Trinajstić information content (AvgIpc) is 2.95. The summed E-state index contributed by atoms with van der Waals surface area (Å²) in [6, 6.07) is 8.12. The molecule has 1 amide bonds. The Balaban J connectivity index is 1.55. The third kappa shape index (κ3) is 3.14. The van der Waals surface area contributed by atoms with Crippen molar-refractivity contribution in [3.8, 4) is 0 Å². The summed E-state index contributed by atoms with van der Waals surface area (Å²) in [6.45, 7) is 1.45. The molecule has 0 unspecified atom stereocenters. The van der Waals surface area contributed by atoms with E-state index >= 15 is 0 Å². The Morgan fingerprint density at radius 1 is 1.29 bits per heavy atom. The molecule has 0 saturated carbocycles. The van der Waals surface area contributed by atoms with Crippen molar-refractivity contribution in [2.24, 2.45) is 4.99 Å². The van der Waals surface area contributed by atoms with Crippen molar-refractivity contribution in [3.63, 3.8) is 0 Å². The average molecular weight is 322 g/mol. The number of rotatable bonds is 2. The van der Waals surface area contributed by atoms with Gasteiger partial charge in [-0.2, -0.15) is 0 Å². The van der Waals surface area contributed by atoms with Gasteiger partial charge in [0.15, 0.2) is 0 Å².